The number of hydrogen-bond acceptors (Lipinski definition) is 9. The highest BCUT2D eigenvalue weighted by Crippen LogP contribution is 2.16. The number of rotatable bonds is 13. The summed E-state index contributed by atoms with van der Waals surface area (Å²) in [5.74, 6) is -0.884. The number of carbonyl (C=O) groups excluding carboxylic acids is 2. The lowest BCUT2D eigenvalue weighted by atomic mass is 10.2. The normalized spacial score (nSPS) is 11.6. The van der Waals surface area contributed by atoms with Crippen molar-refractivity contribution >= 4 is 37.5 Å². The van der Waals surface area contributed by atoms with E-state index in [1.165, 1.54) is 12.1 Å². The molecule has 0 aliphatic rings. The van der Waals surface area contributed by atoms with Crippen LogP contribution in [0.2, 0.25) is 0 Å². The average molecular weight is 529 g/mol. The van der Waals surface area contributed by atoms with Gasteiger partial charge in [-0.15, -0.1) is 0 Å². The molecule has 2 aromatic carbocycles. The zero-order chi connectivity index (χ0) is 25.9. The van der Waals surface area contributed by atoms with Crippen molar-refractivity contribution in [3.05, 3.63) is 59.7 Å². The average Bonchev–Trinajstić information content (AvgIpc) is 2.77. The van der Waals surface area contributed by atoms with Gasteiger partial charge in [0.15, 0.2) is 9.84 Å². The highest BCUT2D eigenvalue weighted by atomic mass is 32.2. The van der Waals surface area contributed by atoms with Gasteiger partial charge in [0.05, 0.1) is 54.6 Å². The van der Waals surface area contributed by atoms with Crippen molar-refractivity contribution in [3.63, 3.8) is 0 Å². The van der Waals surface area contributed by atoms with E-state index in [1.807, 2.05) is 6.92 Å². The third-order valence-electron chi connectivity index (χ3n) is 4.38. The molecule has 35 heavy (non-hydrogen) atoms. The van der Waals surface area contributed by atoms with Gasteiger partial charge in [0, 0.05) is 0 Å². The first-order valence-corrected chi connectivity index (χ1v) is 14.0. The molecule has 13 heteroatoms. The van der Waals surface area contributed by atoms with E-state index in [2.05, 4.69) is 5.32 Å². The van der Waals surface area contributed by atoms with Gasteiger partial charge >= 0.3 is 12.0 Å². The predicted octanol–water partition coefficient (Wildman–Crippen LogP) is 1.74. The van der Waals surface area contributed by atoms with Crippen molar-refractivity contribution in [2.75, 3.05) is 50.4 Å². The van der Waals surface area contributed by atoms with Gasteiger partial charge in [-0.25, -0.2) is 31.1 Å². The molecule has 0 aliphatic heterocycles. The van der Waals surface area contributed by atoms with E-state index in [-0.39, 0.29) is 54.9 Å². The Hall–Kier alpha value is -3.00. The molecule has 0 radical (unpaired) electrons. The Morgan fingerprint density at radius 2 is 1.43 bits per heavy atom. The first-order chi connectivity index (χ1) is 16.5. The predicted molar refractivity (Wildman–Crippen MR) is 129 cm³/mol. The Bertz CT molecular complexity index is 1210. The number of amides is 2. The number of nitrogens with one attached hydrogen (secondary N) is 2. The van der Waals surface area contributed by atoms with E-state index in [1.54, 1.807) is 41.1 Å². The van der Waals surface area contributed by atoms with Crippen LogP contribution in [0.15, 0.2) is 53.4 Å². The fourth-order valence-electron chi connectivity index (χ4n) is 2.71. The molecule has 0 aromatic heterocycles. The summed E-state index contributed by atoms with van der Waals surface area (Å²) in [6, 6.07) is 11.5. The first kappa shape index (κ1) is 28.2. The maximum Gasteiger partial charge on any atom is 0.340 e. The second-order valence-corrected chi connectivity index (χ2v) is 11.2. The number of benzene rings is 2. The molecule has 0 spiro atoms. The lowest BCUT2D eigenvalue weighted by Gasteiger charge is -2.11. The van der Waals surface area contributed by atoms with Crippen molar-refractivity contribution in [3.8, 4) is 0 Å². The van der Waals surface area contributed by atoms with Crippen molar-refractivity contribution in [2.24, 2.45) is 0 Å². The van der Waals surface area contributed by atoms with E-state index < -0.39 is 31.9 Å². The molecular formula is C22H28N2O9S2. The number of urea groups is 1. The van der Waals surface area contributed by atoms with E-state index in [0.717, 1.165) is 11.8 Å². The van der Waals surface area contributed by atoms with Crippen molar-refractivity contribution in [1.29, 1.82) is 0 Å². The lowest BCUT2D eigenvalue weighted by Crippen LogP contribution is -2.33. The van der Waals surface area contributed by atoms with Crippen molar-refractivity contribution < 1.29 is 40.6 Å². The molecule has 2 rings (SSSR count). The molecule has 0 heterocycles. The SMILES string of the molecule is Cc1ccc(S(=O)(=O)CCOCCOCCOC(=O)c2ccccc2NC(=O)NS(C)(=O)=O)cc1. The monoisotopic (exact) mass is 528 g/mol. The largest absolute Gasteiger partial charge is 0.460 e. The van der Waals surface area contributed by atoms with Crippen LogP contribution in [0.3, 0.4) is 0 Å². The van der Waals surface area contributed by atoms with Crippen LogP contribution < -0.4 is 10.0 Å². The molecule has 0 aliphatic carbocycles. The molecule has 0 unspecified atom stereocenters. The summed E-state index contributed by atoms with van der Waals surface area (Å²) >= 11 is 0. The maximum absolute atomic E-state index is 12.3. The number of sulfonamides is 1. The molecule has 2 aromatic rings. The molecule has 0 atom stereocenters. The van der Waals surface area contributed by atoms with Gasteiger partial charge in [-0.05, 0) is 31.2 Å². The summed E-state index contributed by atoms with van der Waals surface area (Å²) in [5, 5.41) is 2.28. The van der Waals surface area contributed by atoms with Crippen LogP contribution in [0, 0.1) is 6.92 Å². The van der Waals surface area contributed by atoms with Crippen LogP contribution in [0.4, 0.5) is 10.5 Å². The number of ether oxygens (including phenoxy) is 3. The number of anilines is 1. The summed E-state index contributed by atoms with van der Waals surface area (Å²) in [4.78, 5) is 24.3. The van der Waals surface area contributed by atoms with E-state index in [4.69, 9.17) is 14.2 Å². The Labute approximate surface area is 204 Å². The van der Waals surface area contributed by atoms with E-state index in [9.17, 15) is 26.4 Å². The van der Waals surface area contributed by atoms with E-state index >= 15 is 0 Å². The zero-order valence-electron chi connectivity index (χ0n) is 19.4. The van der Waals surface area contributed by atoms with Gasteiger partial charge in [0.1, 0.15) is 6.61 Å². The Kier molecular flexibility index (Phi) is 10.6. The molecule has 11 nitrogen and oxygen atoms in total. The fourth-order valence-corrected chi connectivity index (χ4v) is 4.22. The van der Waals surface area contributed by atoms with Crippen LogP contribution in [-0.2, 0) is 34.1 Å². The number of esters is 1. The minimum absolute atomic E-state index is 0.0191. The quantitative estimate of drug-likeness (QED) is 0.292. The molecule has 0 bridgehead atoms. The molecule has 2 N–H and O–H groups in total. The van der Waals surface area contributed by atoms with Crippen molar-refractivity contribution in [1.82, 2.24) is 4.72 Å². The summed E-state index contributed by atoms with van der Waals surface area (Å²) in [6.07, 6.45) is 0.825. The molecule has 0 saturated carbocycles. The zero-order valence-corrected chi connectivity index (χ0v) is 21.0. The first-order valence-electron chi connectivity index (χ1n) is 10.5. The number of aryl methyl sites for hydroxylation is 1. The summed E-state index contributed by atoms with van der Waals surface area (Å²) in [6.45, 7) is 2.23. The van der Waals surface area contributed by atoms with Crippen LogP contribution in [0.1, 0.15) is 15.9 Å². The van der Waals surface area contributed by atoms with Crippen LogP contribution in [0.5, 0.6) is 0 Å². The van der Waals surface area contributed by atoms with Crippen LogP contribution in [-0.4, -0.2) is 73.9 Å². The second-order valence-electron chi connectivity index (χ2n) is 7.37. The molecule has 192 valence electrons. The maximum atomic E-state index is 12.3. The second kappa shape index (κ2) is 13.2. The number of sulfone groups is 1. The summed E-state index contributed by atoms with van der Waals surface area (Å²) in [7, 11) is -7.18. The summed E-state index contributed by atoms with van der Waals surface area (Å²) < 4.78 is 64.2. The lowest BCUT2D eigenvalue weighted by molar-refractivity contribution is 0.0166. The summed E-state index contributed by atoms with van der Waals surface area (Å²) in [5.41, 5.74) is 1.09. The molecular weight excluding hydrogens is 500 g/mol. The van der Waals surface area contributed by atoms with Gasteiger partial charge in [0.2, 0.25) is 10.0 Å². The standard InChI is InChI=1S/C22H28N2O9S2/c1-17-7-9-18(10-8-17)35(29,30)16-15-32-12-11-31-13-14-33-21(25)19-5-3-4-6-20(19)23-22(26)24-34(2,27)28/h3-10H,11-16H2,1-2H3,(H2,23,24,26). The van der Waals surface area contributed by atoms with Gasteiger partial charge < -0.3 is 19.5 Å². The fraction of sp³-hybridized carbons (Fsp3) is 0.364. The number of para-hydroxylation sites is 1. The van der Waals surface area contributed by atoms with E-state index in [0.29, 0.717) is 0 Å². The highest BCUT2D eigenvalue weighted by molar-refractivity contribution is 7.91. The third-order valence-corrected chi connectivity index (χ3v) is 6.63. The van der Waals surface area contributed by atoms with Gasteiger partial charge in [0.25, 0.3) is 0 Å². The Morgan fingerprint density at radius 3 is 2.09 bits per heavy atom. The molecule has 0 fully saturated rings. The number of hydrogen-bond donors (Lipinski definition) is 2. The number of carbonyl (C=O) groups is 2. The van der Waals surface area contributed by atoms with Crippen LogP contribution >= 0.6 is 0 Å². The highest BCUT2D eigenvalue weighted by Gasteiger charge is 2.16. The minimum atomic E-state index is -3.76. The van der Waals surface area contributed by atoms with Crippen molar-refractivity contribution in [2.45, 2.75) is 11.8 Å². The van der Waals surface area contributed by atoms with Crippen LogP contribution in [0.25, 0.3) is 0 Å². The minimum Gasteiger partial charge on any atom is -0.460 e. The Balaban J connectivity index is 1.65. The van der Waals surface area contributed by atoms with Gasteiger partial charge in [-0.2, -0.15) is 0 Å². The smallest absolute Gasteiger partial charge is 0.340 e. The van der Waals surface area contributed by atoms with Gasteiger partial charge in [-0.1, -0.05) is 29.8 Å². The third kappa shape index (κ3) is 10.4. The molecule has 0 saturated heterocycles. The molecule has 2 amide bonds. The van der Waals surface area contributed by atoms with Gasteiger partial charge in [-0.3, -0.25) is 0 Å². The topological polar surface area (TPSA) is 154 Å². The Morgan fingerprint density at radius 1 is 0.829 bits per heavy atom.